The lowest BCUT2D eigenvalue weighted by Crippen LogP contribution is -2.17. The first-order chi connectivity index (χ1) is 10.1. The molecule has 0 aliphatic rings. The summed E-state index contributed by atoms with van der Waals surface area (Å²) in [6.45, 7) is 2.91. The van der Waals surface area contributed by atoms with Crippen LogP contribution in [-0.4, -0.2) is 16.5 Å². The number of nitrogens with zero attached hydrogens (tertiary/aromatic N) is 1. The van der Waals surface area contributed by atoms with E-state index in [1.54, 1.807) is 0 Å². The molecule has 0 spiro atoms. The zero-order valence-electron chi connectivity index (χ0n) is 12.4. The van der Waals surface area contributed by atoms with Crippen LogP contribution in [0.5, 0.6) is 0 Å². The smallest absolute Gasteiger partial charge is 0.0734 e. The average Bonchev–Trinajstić information content (AvgIpc) is 2.49. The van der Waals surface area contributed by atoms with Gasteiger partial charge in [-0.25, -0.2) is 8.57 Å². The van der Waals surface area contributed by atoms with E-state index in [2.05, 4.69) is 4.36 Å². The molecule has 0 saturated heterocycles. The minimum atomic E-state index is -2.30. The fourth-order valence-electron chi connectivity index (χ4n) is 2.09. The van der Waals surface area contributed by atoms with Crippen LogP contribution in [0, 0.1) is 6.92 Å². The Morgan fingerprint density at radius 2 is 1.67 bits per heavy atom. The van der Waals surface area contributed by atoms with Crippen molar-refractivity contribution in [1.29, 1.82) is 0 Å². The van der Waals surface area contributed by atoms with E-state index in [0.29, 0.717) is 24.6 Å². The molecule has 21 heavy (non-hydrogen) atoms. The molecule has 112 valence electrons. The lowest BCUT2D eigenvalue weighted by Gasteiger charge is -2.10. The van der Waals surface area contributed by atoms with Crippen molar-refractivity contribution in [2.45, 2.75) is 19.2 Å². The van der Waals surface area contributed by atoms with Gasteiger partial charge < -0.3 is 5.73 Å². The second-order valence-corrected chi connectivity index (χ2v) is 7.67. The van der Waals surface area contributed by atoms with E-state index in [0.717, 1.165) is 11.1 Å². The molecule has 0 fully saturated rings. The summed E-state index contributed by atoms with van der Waals surface area (Å²) >= 11 is 0. The van der Waals surface area contributed by atoms with Crippen LogP contribution in [0.3, 0.4) is 0 Å². The van der Waals surface area contributed by atoms with Gasteiger partial charge in [0.05, 0.1) is 22.0 Å². The highest BCUT2D eigenvalue weighted by molar-refractivity contribution is 7.92. The van der Waals surface area contributed by atoms with Crippen LogP contribution < -0.4 is 5.73 Å². The summed E-state index contributed by atoms with van der Waals surface area (Å²) in [6.07, 6.45) is 0. The number of nitrogens with two attached hydrogens (primary N) is 1. The second kappa shape index (κ2) is 7.38. The number of hydrogen-bond acceptors (Lipinski definition) is 3. The molecule has 4 heteroatoms. The molecular weight excluding hydrogens is 280 g/mol. The van der Waals surface area contributed by atoms with Gasteiger partial charge in [0.1, 0.15) is 0 Å². The molecule has 0 radical (unpaired) electrons. The summed E-state index contributed by atoms with van der Waals surface area (Å²) in [6, 6.07) is 18.0. The third-order valence-electron chi connectivity index (χ3n) is 3.27. The summed E-state index contributed by atoms with van der Waals surface area (Å²) in [5, 5.41) is 0. The van der Waals surface area contributed by atoms with Gasteiger partial charge in [0.25, 0.3) is 0 Å². The van der Waals surface area contributed by atoms with Crippen LogP contribution >= 0.6 is 0 Å². The monoisotopic (exact) mass is 302 g/mol. The molecule has 0 amide bonds. The Kier molecular flexibility index (Phi) is 5.53. The Hall–Kier alpha value is -1.65. The van der Waals surface area contributed by atoms with Crippen molar-refractivity contribution in [2.24, 2.45) is 10.1 Å². The summed E-state index contributed by atoms with van der Waals surface area (Å²) in [5.41, 5.74) is 8.95. The molecule has 0 aliphatic carbocycles. The number of benzene rings is 2. The Morgan fingerprint density at radius 1 is 1.00 bits per heavy atom. The second-order valence-electron chi connectivity index (χ2n) is 5.17. The van der Waals surface area contributed by atoms with Gasteiger partial charge in [-0.05, 0) is 18.1 Å². The molecule has 1 unspecified atom stereocenters. The molecule has 0 heterocycles. The predicted molar refractivity (Wildman–Crippen MR) is 89.5 cm³/mol. The van der Waals surface area contributed by atoms with Crippen molar-refractivity contribution in [1.82, 2.24) is 0 Å². The fourth-order valence-corrected chi connectivity index (χ4v) is 3.92. The number of rotatable bonds is 6. The topological polar surface area (TPSA) is 55.5 Å². The van der Waals surface area contributed by atoms with Gasteiger partial charge >= 0.3 is 0 Å². The van der Waals surface area contributed by atoms with Crippen LogP contribution in [0.4, 0.5) is 0 Å². The molecule has 0 saturated carbocycles. The first kappa shape index (κ1) is 15.7. The Balaban J connectivity index is 2.19. The third kappa shape index (κ3) is 4.99. The Bertz CT molecular complexity index is 672. The highest BCUT2D eigenvalue weighted by Gasteiger charge is 2.09. The van der Waals surface area contributed by atoms with Crippen LogP contribution in [-0.2, 0) is 22.0 Å². The van der Waals surface area contributed by atoms with Crippen molar-refractivity contribution in [3.8, 4) is 0 Å². The SMILES string of the molecule is Cc1ccc(CS(=O)(CCN)=NCc2ccccc2)cc1. The summed E-state index contributed by atoms with van der Waals surface area (Å²) < 4.78 is 17.4. The highest BCUT2D eigenvalue weighted by atomic mass is 32.2. The lowest BCUT2D eigenvalue weighted by molar-refractivity contribution is 0.673. The van der Waals surface area contributed by atoms with E-state index in [-0.39, 0.29) is 0 Å². The number of aryl methyl sites for hydroxylation is 1. The van der Waals surface area contributed by atoms with Crippen molar-refractivity contribution >= 4 is 9.73 Å². The summed E-state index contributed by atoms with van der Waals surface area (Å²) in [5.74, 6) is 0.908. The Morgan fingerprint density at radius 3 is 2.29 bits per heavy atom. The third-order valence-corrected chi connectivity index (χ3v) is 5.53. The summed E-state index contributed by atoms with van der Waals surface area (Å²) in [7, 11) is -2.30. The maximum atomic E-state index is 13.0. The molecule has 0 aliphatic heterocycles. The molecule has 0 bridgehead atoms. The molecular formula is C17H22N2OS. The van der Waals surface area contributed by atoms with E-state index in [1.165, 1.54) is 5.56 Å². The molecule has 2 N–H and O–H groups in total. The number of hydrogen-bond donors (Lipinski definition) is 1. The lowest BCUT2D eigenvalue weighted by atomic mass is 10.2. The van der Waals surface area contributed by atoms with Crippen LogP contribution in [0.25, 0.3) is 0 Å². The van der Waals surface area contributed by atoms with Gasteiger partial charge in [0.2, 0.25) is 0 Å². The molecule has 3 nitrogen and oxygen atoms in total. The maximum Gasteiger partial charge on any atom is 0.0734 e. The maximum absolute atomic E-state index is 13.0. The summed E-state index contributed by atoms with van der Waals surface area (Å²) in [4.78, 5) is 0. The Labute approximate surface area is 127 Å². The van der Waals surface area contributed by atoms with Crippen LogP contribution in [0.1, 0.15) is 16.7 Å². The van der Waals surface area contributed by atoms with Gasteiger partial charge in [-0.1, -0.05) is 60.2 Å². The van der Waals surface area contributed by atoms with E-state index >= 15 is 0 Å². The zero-order valence-corrected chi connectivity index (χ0v) is 13.2. The normalized spacial score (nSPS) is 13.6. The first-order valence-electron chi connectivity index (χ1n) is 7.09. The fraction of sp³-hybridized carbons (Fsp3) is 0.294. The van der Waals surface area contributed by atoms with E-state index in [1.807, 2.05) is 61.5 Å². The van der Waals surface area contributed by atoms with E-state index in [4.69, 9.17) is 5.73 Å². The molecule has 2 aromatic rings. The standard InChI is InChI=1S/C17H22N2OS/c1-15-7-9-17(10-8-15)14-21(20,12-11-18)19-13-16-5-3-2-4-6-16/h2-10H,11-14,18H2,1H3. The predicted octanol–water partition coefficient (Wildman–Crippen LogP) is 3.12. The van der Waals surface area contributed by atoms with Crippen LogP contribution in [0.15, 0.2) is 59.0 Å². The van der Waals surface area contributed by atoms with Crippen LogP contribution in [0.2, 0.25) is 0 Å². The molecule has 2 aromatic carbocycles. The minimum absolute atomic E-state index is 0.392. The highest BCUT2D eigenvalue weighted by Crippen LogP contribution is 2.12. The van der Waals surface area contributed by atoms with Gasteiger partial charge in [0.15, 0.2) is 0 Å². The van der Waals surface area contributed by atoms with E-state index in [9.17, 15) is 4.21 Å². The molecule has 1 atom stereocenters. The van der Waals surface area contributed by atoms with Gasteiger partial charge in [0, 0.05) is 12.3 Å². The molecule has 2 rings (SSSR count). The van der Waals surface area contributed by atoms with Crippen molar-refractivity contribution < 1.29 is 4.21 Å². The van der Waals surface area contributed by atoms with Gasteiger partial charge in [-0.15, -0.1) is 0 Å². The zero-order chi connectivity index (χ0) is 15.1. The van der Waals surface area contributed by atoms with Gasteiger partial charge in [-0.2, -0.15) is 0 Å². The first-order valence-corrected chi connectivity index (χ1v) is 8.94. The largest absolute Gasteiger partial charge is 0.330 e. The van der Waals surface area contributed by atoms with Crippen molar-refractivity contribution in [2.75, 3.05) is 12.3 Å². The molecule has 0 aromatic heterocycles. The van der Waals surface area contributed by atoms with Crippen molar-refractivity contribution in [3.05, 3.63) is 71.3 Å². The van der Waals surface area contributed by atoms with E-state index < -0.39 is 9.73 Å². The average molecular weight is 302 g/mol. The van der Waals surface area contributed by atoms with Gasteiger partial charge in [-0.3, -0.25) is 0 Å². The van der Waals surface area contributed by atoms with Crippen molar-refractivity contribution in [3.63, 3.8) is 0 Å². The quantitative estimate of drug-likeness (QED) is 0.891. The minimum Gasteiger partial charge on any atom is -0.330 e.